The van der Waals surface area contributed by atoms with Crippen molar-refractivity contribution in [2.75, 3.05) is 4.90 Å². The summed E-state index contributed by atoms with van der Waals surface area (Å²) >= 11 is 0. The number of benzene rings is 2. The van der Waals surface area contributed by atoms with Gasteiger partial charge in [0.2, 0.25) is 0 Å². The van der Waals surface area contributed by atoms with Crippen LogP contribution in [0.15, 0.2) is 70.9 Å². The van der Waals surface area contributed by atoms with E-state index in [4.69, 9.17) is 4.42 Å². The number of aliphatic hydroxyl groups excluding tert-OH is 1. The van der Waals surface area contributed by atoms with Gasteiger partial charge in [0.05, 0.1) is 11.8 Å². The van der Waals surface area contributed by atoms with Gasteiger partial charge in [0.15, 0.2) is 0 Å². The number of nitrogens with zero attached hydrogens (tertiary/aromatic N) is 1. The van der Waals surface area contributed by atoms with Crippen molar-refractivity contribution in [1.29, 1.82) is 0 Å². The molecule has 1 aliphatic heterocycles. The Hall–Kier alpha value is -3.67. The molecule has 1 atom stereocenters. The highest BCUT2D eigenvalue weighted by molar-refractivity contribution is 6.51. The van der Waals surface area contributed by atoms with E-state index in [9.17, 15) is 19.1 Å². The molecule has 5 nitrogen and oxygen atoms in total. The van der Waals surface area contributed by atoms with Crippen LogP contribution >= 0.6 is 0 Å². The number of aliphatic hydroxyl groups is 1. The van der Waals surface area contributed by atoms with Crippen molar-refractivity contribution in [2.24, 2.45) is 0 Å². The molecule has 1 amide bonds. The number of amides is 1. The SMILES string of the molecule is O=C1C(=O)N(c2ccc(F)cc2)C(c2ccco2)/C1=C(/O)c1ccc2c(c1)CCCC2. The Bertz CT molecular complexity index is 1190. The highest BCUT2D eigenvalue weighted by atomic mass is 19.1. The van der Waals surface area contributed by atoms with Gasteiger partial charge in [-0.15, -0.1) is 0 Å². The summed E-state index contributed by atoms with van der Waals surface area (Å²) in [7, 11) is 0. The molecule has 3 aromatic rings. The van der Waals surface area contributed by atoms with Gasteiger partial charge in [0.25, 0.3) is 11.7 Å². The standard InChI is InChI=1S/C25H20FNO4/c26-18-9-11-19(12-10-18)27-22(20-6-3-13-31-20)21(24(29)25(27)30)23(28)17-8-7-15-4-1-2-5-16(15)14-17/h3,6-14,22,28H,1-2,4-5H2/b23-21-. The average molecular weight is 417 g/mol. The molecule has 1 saturated heterocycles. The van der Waals surface area contributed by atoms with Crippen LogP contribution in [-0.4, -0.2) is 16.8 Å². The highest BCUT2D eigenvalue weighted by Crippen LogP contribution is 2.42. The van der Waals surface area contributed by atoms with Crippen molar-refractivity contribution >= 4 is 23.1 Å². The van der Waals surface area contributed by atoms with E-state index in [0.29, 0.717) is 17.0 Å². The van der Waals surface area contributed by atoms with Crippen LogP contribution in [0.4, 0.5) is 10.1 Å². The molecule has 2 aliphatic rings. The molecule has 0 radical (unpaired) electrons. The zero-order valence-corrected chi connectivity index (χ0v) is 16.7. The van der Waals surface area contributed by atoms with Crippen molar-refractivity contribution in [3.05, 3.63) is 94.7 Å². The molecule has 1 fully saturated rings. The van der Waals surface area contributed by atoms with Crippen molar-refractivity contribution < 1.29 is 23.5 Å². The van der Waals surface area contributed by atoms with Crippen LogP contribution in [0.3, 0.4) is 0 Å². The third-order valence-electron chi connectivity index (χ3n) is 5.98. The number of fused-ring (bicyclic) bond motifs is 1. The Kier molecular flexibility index (Phi) is 4.70. The molecular weight excluding hydrogens is 397 g/mol. The third kappa shape index (κ3) is 3.24. The summed E-state index contributed by atoms with van der Waals surface area (Å²) in [4.78, 5) is 27.3. The van der Waals surface area contributed by atoms with Crippen LogP contribution in [0.25, 0.3) is 5.76 Å². The molecule has 1 aromatic heterocycles. The second-order valence-electron chi connectivity index (χ2n) is 7.85. The Labute approximate surface area is 178 Å². The third-order valence-corrected chi connectivity index (χ3v) is 5.98. The summed E-state index contributed by atoms with van der Waals surface area (Å²) in [6.07, 6.45) is 5.58. The Morgan fingerprint density at radius 2 is 1.74 bits per heavy atom. The Morgan fingerprint density at radius 1 is 1.00 bits per heavy atom. The molecule has 5 rings (SSSR count). The van der Waals surface area contributed by atoms with Gasteiger partial charge in [0.1, 0.15) is 23.4 Å². The van der Waals surface area contributed by atoms with E-state index >= 15 is 0 Å². The summed E-state index contributed by atoms with van der Waals surface area (Å²) in [6, 6.07) is 13.3. The fraction of sp³-hybridized carbons (Fsp3) is 0.200. The number of halogens is 1. The van der Waals surface area contributed by atoms with E-state index in [2.05, 4.69) is 0 Å². The zero-order valence-electron chi connectivity index (χ0n) is 16.7. The van der Waals surface area contributed by atoms with E-state index < -0.39 is 23.5 Å². The maximum atomic E-state index is 13.4. The number of aryl methyl sites for hydroxylation is 2. The second kappa shape index (κ2) is 7.54. The topological polar surface area (TPSA) is 70.8 Å². The molecule has 2 heterocycles. The van der Waals surface area contributed by atoms with Crippen LogP contribution in [0.5, 0.6) is 0 Å². The molecule has 6 heteroatoms. The van der Waals surface area contributed by atoms with Gasteiger partial charge in [-0.1, -0.05) is 12.1 Å². The van der Waals surface area contributed by atoms with Crippen LogP contribution in [-0.2, 0) is 22.4 Å². The summed E-state index contributed by atoms with van der Waals surface area (Å²) in [5.41, 5.74) is 3.19. The van der Waals surface area contributed by atoms with Crippen LogP contribution in [0, 0.1) is 5.82 Å². The maximum Gasteiger partial charge on any atom is 0.300 e. The first-order valence-electron chi connectivity index (χ1n) is 10.3. The fourth-order valence-corrected chi connectivity index (χ4v) is 4.45. The maximum absolute atomic E-state index is 13.4. The van der Waals surface area contributed by atoms with Crippen LogP contribution in [0.2, 0.25) is 0 Å². The fourth-order valence-electron chi connectivity index (χ4n) is 4.45. The smallest absolute Gasteiger partial charge is 0.300 e. The van der Waals surface area contributed by atoms with Gasteiger partial charge in [-0.05, 0) is 79.3 Å². The number of hydrogen-bond acceptors (Lipinski definition) is 4. The van der Waals surface area contributed by atoms with E-state index in [1.165, 1.54) is 41.0 Å². The largest absolute Gasteiger partial charge is 0.507 e. The highest BCUT2D eigenvalue weighted by Gasteiger charge is 2.48. The molecule has 1 N–H and O–H groups in total. The van der Waals surface area contributed by atoms with Gasteiger partial charge in [-0.3, -0.25) is 14.5 Å². The number of Topliss-reactive ketones (excluding diaryl/α,β-unsaturated/α-hetero) is 1. The summed E-state index contributed by atoms with van der Waals surface area (Å²) < 4.78 is 19.0. The van der Waals surface area contributed by atoms with Crippen molar-refractivity contribution in [2.45, 2.75) is 31.7 Å². The Balaban J connectivity index is 1.66. The van der Waals surface area contributed by atoms with E-state index in [-0.39, 0.29) is 11.3 Å². The minimum absolute atomic E-state index is 0.0416. The van der Waals surface area contributed by atoms with E-state index in [1.54, 1.807) is 18.2 Å². The Morgan fingerprint density at radius 3 is 2.45 bits per heavy atom. The number of carbonyl (C=O) groups excluding carboxylic acids is 2. The van der Waals surface area contributed by atoms with Crippen molar-refractivity contribution in [1.82, 2.24) is 0 Å². The quantitative estimate of drug-likeness (QED) is 0.373. The van der Waals surface area contributed by atoms with Crippen LogP contribution < -0.4 is 4.90 Å². The summed E-state index contributed by atoms with van der Waals surface area (Å²) in [6.45, 7) is 0. The molecular formula is C25H20FNO4. The molecule has 0 spiro atoms. The van der Waals surface area contributed by atoms with Crippen molar-refractivity contribution in [3.63, 3.8) is 0 Å². The predicted octanol–water partition coefficient (Wildman–Crippen LogP) is 4.92. The van der Waals surface area contributed by atoms with Gasteiger partial charge in [0, 0.05) is 11.3 Å². The number of furan rings is 1. The zero-order chi connectivity index (χ0) is 21.5. The van der Waals surface area contributed by atoms with Crippen LogP contribution in [0.1, 0.15) is 41.3 Å². The molecule has 31 heavy (non-hydrogen) atoms. The van der Waals surface area contributed by atoms with Gasteiger partial charge >= 0.3 is 0 Å². The number of ketones is 1. The van der Waals surface area contributed by atoms with Gasteiger partial charge in [-0.25, -0.2) is 4.39 Å². The minimum atomic E-state index is -0.948. The number of hydrogen-bond donors (Lipinski definition) is 1. The monoisotopic (exact) mass is 417 g/mol. The lowest BCUT2D eigenvalue weighted by Gasteiger charge is -2.23. The molecule has 0 saturated carbocycles. The lowest BCUT2D eigenvalue weighted by atomic mass is 9.89. The first kappa shape index (κ1) is 19.3. The molecule has 156 valence electrons. The first-order valence-corrected chi connectivity index (χ1v) is 10.3. The number of carbonyl (C=O) groups is 2. The van der Waals surface area contributed by atoms with Gasteiger partial charge in [-0.2, -0.15) is 0 Å². The molecule has 1 unspecified atom stereocenters. The predicted molar refractivity (Wildman–Crippen MR) is 113 cm³/mol. The molecule has 0 bridgehead atoms. The number of rotatable bonds is 3. The van der Waals surface area contributed by atoms with E-state index in [0.717, 1.165) is 31.2 Å². The lowest BCUT2D eigenvalue weighted by molar-refractivity contribution is -0.132. The summed E-state index contributed by atoms with van der Waals surface area (Å²) in [5, 5.41) is 11.2. The normalized spacial score (nSPS) is 20.2. The van der Waals surface area contributed by atoms with E-state index in [1.807, 2.05) is 12.1 Å². The number of anilines is 1. The summed E-state index contributed by atoms with van der Waals surface area (Å²) in [5.74, 6) is -1.96. The molecule has 1 aliphatic carbocycles. The molecule has 2 aromatic carbocycles. The van der Waals surface area contributed by atoms with Crippen molar-refractivity contribution in [3.8, 4) is 0 Å². The first-order chi connectivity index (χ1) is 15.0. The second-order valence-corrected chi connectivity index (χ2v) is 7.85. The average Bonchev–Trinajstić information content (AvgIpc) is 3.41. The lowest BCUT2D eigenvalue weighted by Crippen LogP contribution is -2.29. The van der Waals surface area contributed by atoms with Gasteiger partial charge < -0.3 is 9.52 Å². The minimum Gasteiger partial charge on any atom is -0.507 e.